The van der Waals surface area contributed by atoms with Gasteiger partial charge in [0.2, 0.25) is 5.91 Å². The molecule has 2 amide bonds. The number of nitrogens with zero attached hydrogens (tertiary/aromatic N) is 2. The van der Waals surface area contributed by atoms with Crippen LogP contribution >= 0.6 is 0 Å². The molecule has 0 bridgehead atoms. The summed E-state index contributed by atoms with van der Waals surface area (Å²) in [5.41, 5.74) is 3.40. The van der Waals surface area contributed by atoms with E-state index in [4.69, 9.17) is 0 Å². The molecule has 0 aliphatic heterocycles. The van der Waals surface area contributed by atoms with Gasteiger partial charge in [0.25, 0.3) is 5.91 Å². The van der Waals surface area contributed by atoms with Gasteiger partial charge in [-0.2, -0.15) is 5.10 Å². The Bertz CT molecular complexity index is 902. The molecule has 1 heterocycles. The van der Waals surface area contributed by atoms with Gasteiger partial charge >= 0.3 is 0 Å². The summed E-state index contributed by atoms with van der Waals surface area (Å²) in [6.45, 7) is 2.60. The van der Waals surface area contributed by atoms with Gasteiger partial charge in [0.05, 0.1) is 13.1 Å². The van der Waals surface area contributed by atoms with Gasteiger partial charge in [0.15, 0.2) is 0 Å². The Morgan fingerprint density at radius 3 is 2.52 bits per heavy atom. The quantitative estimate of drug-likeness (QED) is 0.679. The van der Waals surface area contributed by atoms with E-state index >= 15 is 0 Å². The number of hydrogen-bond donors (Lipinski definition) is 2. The molecule has 0 radical (unpaired) electrons. The lowest BCUT2D eigenvalue weighted by atomic mass is 10.1. The molecule has 6 heteroatoms. The normalized spacial score (nSPS) is 10.4. The second-order valence-corrected chi connectivity index (χ2v) is 6.14. The minimum Gasteiger partial charge on any atom is -0.343 e. The van der Waals surface area contributed by atoms with Crippen molar-refractivity contribution in [3.05, 3.63) is 83.7 Å². The zero-order chi connectivity index (χ0) is 19.1. The lowest BCUT2D eigenvalue weighted by molar-refractivity contribution is -0.115. The van der Waals surface area contributed by atoms with Crippen molar-refractivity contribution in [3.8, 4) is 0 Å². The van der Waals surface area contributed by atoms with Crippen molar-refractivity contribution in [1.82, 2.24) is 15.1 Å². The molecule has 0 unspecified atom stereocenters. The van der Waals surface area contributed by atoms with E-state index in [0.29, 0.717) is 12.1 Å². The number of nitrogens with one attached hydrogen (secondary N) is 2. The molecule has 6 nitrogen and oxygen atoms in total. The monoisotopic (exact) mass is 362 g/mol. The largest absolute Gasteiger partial charge is 0.343 e. The summed E-state index contributed by atoms with van der Waals surface area (Å²) in [4.78, 5) is 24.4. The number of aromatic nitrogens is 2. The zero-order valence-electron chi connectivity index (χ0n) is 15.2. The summed E-state index contributed by atoms with van der Waals surface area (Å²) in [6, 6.07) is 16.8. The predicted octanol–water partition coefficient (Wildman–Crippen LogP) is 2.86. The molecule has 2 N–H and O–H groups in total. The van der Waals surface area contributed by atoms with Crippen molar-refractivity contribution in [2.45, 2.75) is 19.9 Å². The van der Waals surface area contributed by atoms with E-state index in [9.17, 15) is 9.59 Å². The number of benzene rings is 2. The van der Waals surface area contributed by atoms with Crippen LogP contribution in [0.2, 0.25) is 0 Å². The van der Waals surface area contributed by atoms with E-state index in [1.54, 1.807) is 18.3 Å². The van der Waals surface area contributed by atoms with E-state index in [1.165, 1.54) is 0 Å². The molecule has 2 aromatic carbocycles. The summed E-state index contributed by atoms with van der Waals surface area (Å²) in [5.74, 6) is -0.529. The number of amides is 2. The second-order valence-electron chi connectivity index (χ2n) is 6.14. The van der Waals surface area contributed by atoms with Gasteiger partial charge < -0.3 is 10.6 Å². The van der Waals surface area contributed by atoms with Crippen molar-refractivity contribution in [2.75, 3.05) is 11.9 Å². The topological polar surface area (TPSA) is 76.0 Å². The molecule has 0 fully saturated rings. The van der Waals surface area contributed by atoms with Crippen molar-refractivity contribution >= 4 is 17.5 Å². The first-order valence-electron chi connectivity index (χ1n) is 8.88. The van der Waals surface area contributed by atoms with Gasteiger partial charge in [0, 0.05) is 23.6 Å². The van der Waals surface area contributed by atoms with Crippen molar-refractivity contribution in [3.63, 3.8) is 0 Å². The van der Waals surface area contributed by atoms with Gasteiger partial charge in [0.1, 0.15) is 0 Å². The molecule has 0 spiro atoms. The molecule has 0 aliphatic carbocycles. The van der Waals surface area contributed by atoms with Crippen LogP contribution < -0.4 is 10.6 Å². The summed E-state index contributed by atoms with van der Waals surface area (Å²) >= 11 is 0. The summed E-state index contributed by atoms with van der Waals surface area (Å²) in [6.07, 6.45) is 4.44. The minimum absolute atomic E-state index is 0.0775. The smallest absolute Gasteiger partial charge is 0.251 e. The molecule has 3 aromatic rings. The van der Waals surface area contributed by atoms with Crippen molar-refractivity contribution in [2.24, 2.45) is 0 Å². The standard InChI is InChI=1S/C21H22N4O2/c1-2-17-6-3-4-7-19(17)24-20(26)14-22-21(27)18-10-8-16(9-11-18)15-25-13-5-12-23-25/h3-13H,2,14-15H2,1H3,(H,22,27)(H,24,26). The maximum absolute atomic E-state index is 12.2. The number of aryl methyl sites for hydroxylation is 1. The minimum atomic E-state index is -0.278. The Labute approximate surface area is 158 Å². The van der Waals surface area contributed by atoms with E-state index < -0.39 is 0 Å². The van der Waals surface area contributed by atoms with Gasteiger partial charge in [-0.3, -0.25) is 14.3 Å². The Balaban J connectivity index is 1.52. The molecule has 138 valence electrons. The fourth-order valence-corrected chi connectivity index (χ4v) is 2.75. The van der Waals surface area contributed by atoms with Crippen LogP contribution in [-0.4, -0.2) is 28.1 Å². The van der Waals surface area contributed by atoms with E-state index in [1.807, 2.05) is 60.3 Å². The van der Waals surface area contributed by atoms with Crippen molar-refractivity contribution < 1.29 is 9.59 Å². The first-order valence-corrected chi connectivity index (χ1v) is 8.88. The third-order valence-corrected chi connectivity index (χ3v) is 4.20. The highest BCUT2D eigenvalue weighted by Crippen LogP contribution is 2.15. The first kappa shape index (κ1) is 18.4. The number of rotatable bonds is 7. The third kappa shape index (κ3) is 5.04. The molecule has 0 saturated heterocycles. The molecule has 0 saturated carbocycles. The summed E-state index contributed by atoms with van der Waals surface area (Å²) in [7, 11) is 0. The third-order valence-electron chi connectivity index (χ3n) is 4.20. The number of hydrogen-bond acceptors (Lipinski definition) is 3. The van der Waals surface area contributed by atoms with Crippen LogP contribution in [0.4, 0.5) is 5.69 Å². The average Bonchev–Trinajstić information content (AvgIpc) is 3.20. The Morgan fingerprint density at radius 1 is 1.04 bits per heavy atom. The SMILES string of the molecule is CCc1ccccc1NC(=O)CNC(=O)c1ccc(Cn2cccn2)cc1. The van der Waals surface area contributed by atoms with Crippen LogP contribution in [0, 0.1) is 0 Å². The number of carbonyl (C=O) groups excluding carboxylic acids is 2. The van der Waals surface area contributed by atoms with E-state index in [2.05, 4.69) is 15.7 Å². The highest BCUT2D eigenvalue weighted by Gasteiger charge is 2.09. The molecule has 1 aromatic heterocycles. The summed E-state index contributed by atoms with van der Waals surface area (Å²) < 4.78 is 1.81. The van der Waals surface area contributed by atoms with Gasteiger partial charge in [-0.25, -0.2) is 0 Å². The maximum atomic E-state index is 12.2. The zero-order valence-corrected chi connectivity index (χ0v) is 15.2. The predicted molar refractivity (Wildman–Crippen MR) is 105 cm³/mol. The van der Waals surface area contributed by atoms with E-state index in [-0.39, 0.29) is 18.4 Å². The van der Waals surface area contributed by atoms with Crippen LogP contribution in [0.5, 0.6) is 0 Å². The lowest BCUT2D eigenvalue weighted by Gasteiger charge is -2.10. The Hall–Kier alpha value is -3.41. The Morgan fingerprint density at radius 2 is 1.81 bits per heavy atom. The van der Waals surface area contributed by atoms with Crippen LogP contribution in [0.1, 0.15) is 28.4 Å². The second kappa shape index (κ2) is 8.80. The van der Waals surface area contributed by atoms with Crippen molar-refractivity contribution in [1.29, 1.82) is 0 Å². The highest BCUT2D eigenvalue weighted by atomic mass is 16.2. The van der Waals surface area contributed by atoms with Gasteiger partial charge in [-0.1, -0.05) is 37.3 Å². The van der Waals surface area contributed by atoms with E-state index in [0.717, 1.165) is 23.2 Å². The Kier molecular flexibility index (Phi) is 5.99. The maximum Gasteiger partial charge on any atom is 0.251 e. The molecular weight excluding hydrogens is 340 g/mol. The van der Waals surface area contributed by atoms with Crippen LogP contribution in [-0.2, 0) is 17.8 Å². The summed E-state index contributed by atoms with van der Waals surface area (Å²) in [5, 5.41) is 9.65. The lowest BCUT2D eigenvalue weighted by Crippen LogP contribution is -2.33. The van der Waals surface area contributed by atoms with Crippen LogP contribution in [0.25, 0.3) is 0 Å². The fraction of sp³-hybridized carbons (Fsp3) is 0.190. The number of anilines is 1. The molecule has 3 rings (SSSR count). The van der Waals surface area contributed by atoms with Crippen LogP contribution in [0.3, 0.4) is 0 Å². The molecule has 27 heavy (non-hydrogen) atoms. The fourth-order valence-electron chi connectivity index (χ4n) is 2.75. The average molecular weight is 362 g/mol. The highest BCUT2D eigenvalue weighted by molar-refractivity contribution is 5.99. The number of carbonyl (C=O) groups is 2. The van der Waals surface area contributed by atoms with Crippen LogP contribution in [0.15, 0.2) is 67.0 Å². The molecular formula is C21H22N4O2. The van der Waals surface area contributed by atoms with Gasteiger partial charge in [-0.15, -0.1) is 0 Å². The first-order chi connectivity index (χ1) is 13.2. The molecule has 0 atom stereocenters. The van der Waals surface area contributed by atoms with Gasteiger partial charge in [-0.05, 0) is 41.8 Å². The molecule has 0 aliphatic rings. The number of para-hydroxylation sites is 1.